The van der Waals surface area contributed by atoms with Crippen molar-refractivity contribution in [1.82, 2.24) is 15.5 Å². The number of nitrogens with one attached hydrogen (secondary N) is 1. The van der Waals surface area contributed by atoms with Crippen molar-refractivity contribution >= 4 is 40.6 Å². The lowest BCUT2D eigenvalue weighted by Gasteiger charge is -2.11. The summed E-state index contributed by atoms with van der Waals surface area (Å²) in [5.74, 6) is 1.74. The van der Waals surface area contributed by atoms with Crippen LogP contribution in [0.3, 0.4) is 0 Å². The van der Waals surface area contributed by atoms with Gasteiger partial charge in [0.25, 0.3) is 5.91 Å². The van der Waals surface area contributed by atoms with Gasteiger partial charge in [0.2, 0.25) is 9.47 Å². The van der Waals surface area contributed by atoms with Crippen LogP contribution in [0.5, 0.6) is 0 Å². The van der Waals surface area contributed by atoms with Crippen molar-refractivity contribution in [2.75, 3.05) is 11.5 Å². The molecule has 0 aliphatic heterocycles. The molecular formula is C8H12ClN3OS2. The smallest absolute Gasteiger partial charge is 0.282 e. The molecule has 0 fully saturated rings. The fourth-order valence-electron chi connectivity index (χ4n) is 0.919. The number of amides is 1. The molecule has 7 heteroatoms. The zero-order chi connectivity index (χ0) is 11.3. The summed E-state index contributed by atoms with van der Waals surface area (Å²) < 4.78 is 0.288. The predicted octanol–water partition coefficient (Wildman–Crippen LogP) is 2.06. The van der Waals surface area contributed by atoms with Gasteiger partial charge in [0.05, 0.1) is 0 Å². The van der Waals surface area contributed by atoms with E-state index in [1.807, 2.05) is 6.92 Å². The quantitative estimate of drug-likeness (QED) is 0.886. The van der Waals surface area contributed by atoms with Gasteiger partial charge in [0.1, 0.15) is 0 Å². The molecule has 1 heterocycles. The number of nitrogens with zero attached hydrogens (tertiary/aromatic N) is 2. The van der Waals surface area contributed by atoms with Crippen molar-refractivity contribution in [2.24, 2.45) is 0 Å². The van der Waals surface area contributed by atoms with Gasteiger partial charge in [-0.3, -0.25) is 4.79 Å². The van der Waals surface area contributed by atoms with Crippen LogP contribution in [0.1, 0.15) is 23.6 Å². The van der Waals surface area contributed by atoms with E-state index in [1.165, 1.54) is 0 Å². The van der Waals surface area contributed by atoms with Gasteiger partial charge < -0.3 is 5.32 Å². The van der Waals surface area contributed by atoms with Crippen molar-refractivity contribution < 1.29 is 4.79 Å². The minimum absolute atomic E-state index is 0.130. The number of hydrogen-bond acceptors (Lipinski definition) is 5. The van der Waals surface area contributed by atoms with E-state index in [2.05, 4.69) is 22.4 Å². The lowest BCUT2D eigenvalue weighted by atomic mass is 10.4. The van der Waals surface area contributed by atoms with Crippen LogP contribution in [0.25, 0.3) is 0 Å². The Morgan fingerprint density at radius 3 is 2.93 bits per heavy atom. The van der Waals surface area contributed by atoms with E-state index in [0.29, 0.717) is 5.01 Å². The first-order valence-corrected chi connectivity index (χ1v) is 6.86. The lowest BCUT2D eigenvalue weighted by molar-refractivity contribution is 0.0942. The van der Waals surface area contributed by atoms with Crippen molar-refractivity contribution in [3.63, 3.8) is 0 Å². The van der Waals surface area contributed by atoms with Crippen LogP contribution in [0.15, 0.2) is 0 Å². The fourth-order valence-corrected chi connectivity index (χ4v) is 2.32. The second kappa shape index (κ2) is 6.30. The van der Waals surface area contributed by atoms with Gasteiger partial charge in [-0.1, -0.05) is 18.3 Å². The van der Waals surface area contributed by atoms with Crippen molar-refractivity contribution in [1.29, 1.82) is 0 Å². The van der Waals surface area contributed by atoms with Gasteiger partial charge in [0, 0.05) is 11.8 Å². The first-order chi connectivity index (χ1) is 7.13. The second-order valence-corrected chi connectivity index (χ2v) is 5.77. The Morgan fingerprint density at radius 2 is 2.40 bits per heavy atom. The molecule has 84 valence electrons. The van der Waals surface area contributed by atoms with Gasteiger partial charge in [-0.05, 0) is 24.3 Å². The number of hydrogen-bond donors (Lipinski definition) is 1. The molecule has 1 aromatic rings. The highest BCUT2D eigenvalue weighted by Gasteiger charge is 2.14. The number of carbonyl (C=O) groups is 1. The van der Waals surface area contributed by atoms with E-state index in [-0.39, 0.29) is 16.4 Å². The van der Waals surface area contributed by atoms with Crippen LogP contribution in [0.2, 0.25) is 4.47 Å². The molecule has 0 aromatic carbocycles. The third-order valence-electron chi connectivity index (χ3n) is 1.54. The molecule has 0 radical (unpaired) electrons. The van der Waals surface area contributed by atoms with Crippen LogP contribution < -0.4 is 5.32 Å². The third-order valence-corrected chi connectivity index (χ3v) is 3.71. The van der Waals surface area contributed by atoms with Crippen molar-refractivity contribution in [2.45, 2.75) is 19.9 Å². The number of thioether (sulfide) groups is 1. The first kappa shape index (κ1) is 12.7. The maximum absolute atomic E-state index is 11.6. The highest BCUT2D eigenvalue weighted by molar-refractivity contribution is 7.99. The SMILES string of the molecule is CCSCC(C)NC(=O)c1nnc(Cl)s1. The molecule has 1 unspecified atom stereocenters. The Balaban J connectivity index is 2.42. The highest BCUT2D eigenvalue weighted by Crippen LogP contribution is 2.14. The largest absolute Gasteiger partial charge is 0.347 e. The Bertz CT molecular complexity index is 331. The maximum atomic E-state index is 11.6. The van der Waals surface area contributed by atoms with Crippen LogP contribution in [0, 0.1) is 0 Å². The van der Waals surface area contributed by atoms with Crippen LogP contribution in [-0.2, 0) is 0 Å². The van der Waals surface area contributed by atoms with Gasteiger partial charge in [-0.2, -0.15) is 11.8 Å². The Hall–Kier alpha value is -0.330. The number of rotatable bonds is 5. The molecule has 0 aliphatic carbocycles. The minimum atomic E-state index is -0.205. The highest BCUT2D eigenvalue weighted by atomic mass is 35.5. The molecule has 1 rings (SSSR count). The fraction of sp³-hybridized carbons (Fsp3) is 0.625. The van der Waals surface area contributed by atoms with Gasteiger partial charge >= 0.3 is 0 Å². The zero-order valence-corrected chi connectivity index (χ0v) is 10.9. The predicted molar refractivity (Wildman–Crippen MR) is 64.8 cm³/mol. The monoisotopic (exact) mass is 265 g/mol. The molecular weight excluding hydrogens is 254 g/mol. The van der Waals surface area contributed by atoms with E-state index >= 15 is 0 Å². The molecule has 0 bridgehead atoms. The third kappa shape index (κ3) is 4.36. The normalized spacial score (nSPS) is 12.5. The van der Waals surface area contributed by atoms with Gasteiger partial charge in [-0.15, -0.1) is 10.2 Å². The summed E-state index contributed by atoms with van der Waals surface area (Å²) in [7, 11) is 0. The number of halogens is 1. The topological polar surface area (TPSA) is 54.9 Å². The Labute approximate surface area is 102 Å². The van der Waals surface area contributed by atoms with E-state index < -0.39 is 0 Å². The number of aromatic nitrogens is 2. The first-order valence-electron chi connectivity index (χ1n) is 4.51. The Morgan fingerprint density at radius 1 is 1.67 bits per heavy atom. The summed E-state index contributed by atoms with van der Waals surface area (Å²) in [6.07, 6.45) is 0. The molecule has 0 spiro atoms. The molecule has 1 aromatic heterocycles. The van der Waals surface area contributed by atoms with Crippen LogP contribution in [-0.4, -0.2) is 33.7 Å². The molecule has 4 nitrogen and oxygen atoms in total. The van der Waals surface area contributed by atoms with E-state index in [0.717, 1.165) is 22.8 Å². The zero-order valence-electron chi connectivity index (χ0n) is 8.49. The summed E-state index contributed by atoms with van der Waals surface area (Å²) in [6.45, 7) is 4.05. The molecule has 15 heavy (non-hydrogen) atoms. The van der Waals surface area contributed by atoms with Crippen molar-refractivity contribution in [3.05, 3.63) is 9.47 Å². The average Bonchev–Trinajstić information content (AvgIpc) is 2.61. The number of carbonyl (C=O) groups excluding carboxylic acids is 1. The second-order valence-electron chi connectivity index (χ2n) is 2.89. The molecule has 0 saturated heterocycles. The van der Waals surface area contributed by atoms with E-state index in [4.69, 9.17) is 11.6 Å². The molecule has 1 atom stereocenters. The van der Waals surface area contributed by atoms with Gasteiger partial charge in [0.15, 0.2) is 0 Å². The Kier molecular flexibility index (Phi) is 5.35. The van der Waals surface area contributed by atoms with E-state index in [9.17, 15) is 4.79 Å². The molecule has 0 aliphatic rings. The summed E-state index contributed by atoms with van der Waals surface area (Å²) in [5, 5.41) is 10.4. The molecule has 1 N–H and O–H groups in total. The minimum Gasteiger partial charge on any atom is -0.347 e. The molecule has 1 amide bonds. The summed E-state index contributed by atoms with van der Waals surface area (Å²) >= 11 is 8.46. The van der Waals surface area contributed by atoms with Crippen LogP contribution in [0.4, 0.5) is 0 Å². The van der Waals surface area contributed by atoms with Crippen LogP contribution >= 0.6 is 34.7 Å². The summed E-state index contributed by atoms with van der Waals surface area (Å²) in [6, 6.07) is 0.130. The van der Waals surface area contributed by atoms with E-state index in [1.54, 1.807) is 11.8 Å². The maximum Gasteiger partial charge on any atom is 0.282 e. The lowest BCUT2D eigenvalue weighted by Crippen LogP contribution is -2.34. The van der Waals surface area contributed by atoms with Gasteiger partial charge in [-0.25, -0.2) is 0 Å². The standard InChI is InChI=1S/C8H12ClN3OS2/c1-3-14-4-5(2)10-6(13)7-11-12-8(9)15-7/h5H,3-4H2,1-2H3,(H,10,13). The average molecular weight is 266 g/mol. The van der Waals surface area contributed by atoms with Crippen molar-refractivity contribution in [3.8, 4) is 0 Å². The summed E-state index contributed by atoms with van der Waals surface area (Å²) in [4.78, 5) is 11.6. The summed E-state index contributed by atoms with van der Waals surface area (Å²) in [5.41, 5.74) is 0. The molecule has 0 saturated carbocycles.